The molecule has 118 valence electrons. The molecule has 2 aromatic rings. The first-order valence-corrected chi connectivity index (χ1v) is 7.43. The van der Waals surface area contributed by atoms with Gasteiger partial charge in [-0.25, -0.2) is 4.79 Å². The topological polar surface area (TPSA) is 63.5 Å². The zero-order valence-corrected chi connectivity index (χ0v) is 13.0. The molecule has 1 aromatic carbocycles. The molecular formula is C17H22N2O3. The first kappa shape index (κ1) is 15.9. The van der Waals surface area contributed by atoms with Gasteiger partial charge in [0.15, 0.2) is 0 Å². The van der Waals surface area contributed by atoms with E-state index in [0.717, 1.165) is 23.7 Å². The van der Waals surface area contributed by atoms with Gasteiger partial charge in [0.1, 0.15) is 17.3 Å². The molecule has 2 N–H and O–H groups in total. The van der Waals surface area contributed by atoms with Gasteiger partial charge in [-0.2, -0.15) is 0 Å². The fraction of sp³-hybridized carbons (Fsp3) is 0.353. The highest BCUT2D eigenvalue weighted by molar-refractivity contribution is 5.74. The minimum absolute atomic E-state index is 0.158. The fourth-order valence-corrected chi connectivity index (χ4v) is 1.99. The molecule has 0 saturated heterocycles. The van der Waals surface area contributed by atoms with Crippen LogP contribution in [-0.2, 0) is 0 Å². The lowest BCUT2D eigenvalue weighted by Gasteiger charge is -2.12. The van der Waals surface area contributed by atoms with Crippen molar-refractivity contribution in [2.45, 2.75) is 26.3 Å². The third-order valence-electron chi connectivity index (χ3n) is 3.15. The Morgan fingerprint density at radius 1 is 1.23 bits per heavy atom. The normalized spacial score (nSPS) is 11.7. The molecule has 0 bridgehead atoms. The summed E-state index contributed by atoms with van der Waals surface area (Å²) in [6, 6.07) is 13.0. The fourth-order valence-electron chi connectivity index (χ4n) is 1.99. The summed E-state index contributed by atoms with van der Waals surface area (Å²) in [6.07, 6.45) is 0.747. The number of urea groups is 1. The van der Waals surface area contributed by atoms with Gasteiger partial charge >= 0.3 is 6.03 Å². The van der Waals surface area contributed by atoms with Crippen LogP contribution in [0.4, 0.5) is 4.79 Å². The second-order valence-corrected chi connectivity index (χ2v) is 5.09. The molecule has 1 heterocycles. The van der Waals surface area contributed by atoms with Gasteiger partial charge in [-0.1, -0.05) is 18.2 Å². The monoisotopic (exact) mass is 302 g/mol. The van der Waals surface area contributed by atoms with Gasteiger partial charge in [0, 0.05) is 6.54 Å². The van der Waals surface area contributed by atoms with Crippen LogP contribution in [-0.4, -0.2) is 19.2 Å². The van der Waals surface area contributed by atoms with Gasteiger partial charge in [0.25, 0.3) is 0 Å². The summed E-state index contributed by atoms with van der Waals surface area (Å²) in [5, 5.41) is 5.64. The zero-order chi connectivity index (χ0) is 15.8. The molecule has 5 heteroatoms. The van der Waals surface area contributed by atoms with Crippen LogP contribution in [0.5, 0.6) is 5.75 Å². The third kappa shape index (κ3) is 5.16. The van der Waals surface area contributed by atoms with E-state index < -0.39 is 0 Å². The average molecular weight is 302 g/mol. The second-order valence-electron chi connectivity index (χ2n) is 5.09. The summed E-state index contributed by atoms with van der Waals surface area (Å²) in [6.45, 7) is 4.89. The highest BCUT2D eigenvalue weighted by Gasteiger charge is 2.11. The molecule has 5 nitrogen and oxygen atoms in total. The lowest BCUT2D eigenvalue weighted by Crippen LogP contribution is -2.37. The molecule has 22 heavy (non-hydrogen) atoms. The Balaban J connectivity index is 1.59. The van der Waals surface area contributed by atoms with Crippen molar-refractivity contribution in [1.29, 1.82) is 0 Å². The molecule has 0 radical (unpaired) electrons. The van der Waals surface area contributed by atoms with Gasteiger partial charge in [-0.3, -0.25) is 0 Å². The summed E-state index contributed by atoms with van der Waals surface area (Å²) in [5.74, 6) is 2.43. The van der Waals surface area contributed by atoms with Crippen molar-refractivity contribution in [1.82, 2.24) is 10.6 Å². The molecule has 1 atom stereocenters. The number of rotatable bonds is 7. The van der Waals surface area contributed by atoms with Gasteiger partial charge < -0.3 is 19.8 Å². The highest BCUT2D eigenvalue weighted by atomic mass is 16.5. The lowest BCUT2D eigenvalue weighted by atomic mass is 10.2. The van der Waals surface area contributed by atoms with E-state index in [1.807, 2.05) is 56.3 Å². The Kier molecular flexibility index (Phi) is 5.89. The van der Waals surface area contributed by atoms with E-state index in [1.54, 1.807) is 0 Å². The summed E-state index contributed by atoms with van der Waals surface area (Å²) in [7, 11) is 0. The van der Waals surface area contributed by atoms with Crippen molar-refractivity contribution in [2.75, 3.05) is 13.2 Å². The number of hydrogen-bond donors (Lipinski definition) is 2. The summed E-state index contributed by atoms with van der Waals surface area (Å²) in [4.78, 5) is 11.8. The number of carbonyl (C=O) groups excluding carboxylic acids is 1. The van der Waals surface area contributed by atoms with Crippen molar-refractivity contribution in [3.05, 3.63) is 54.0 Å². The number of ether oxygens (including phenoxy) is 1. The molecular weight excluding hydrogens is 280 g/mol. The van der Waals surface area contributed by atoms with Crippen LogP contribution < -0.4 is 15.4 Å². The van der Waals surface area contributed by atoms with Gasteiger partial charge in [0.05, 0.1) is 12.6 Å². The lowest BCUT2D eigenvalue weighted by molar-refractivity contribution is 0.234. The molecule has 0 fully saturated rings. The molecule has 0 aliphatic heterocycles. The van der Waals surface area contributed by atoms with E-state index in [2.05, 4.69) is 10.6 Å². The van der Waals surface area contributed by atoms with Crippen molar-refractivity contribution < 1.29 is 13.9 Å². The van der Waals surface area contributed by atoms with Crippen molar-refractivity contribution in [3.8, 4) is 5.75 Å². The van der Waals surface area contributed by atoms with E-state index in [0.29, 0.717) is 13.2 Å². The molecule has 1 unspecified atom stereocenters. The van der Waals surface area contributed by atoms with E-state index in [-0.39, 0.29) is 12.1 Å². The summed E-state index contributed by atoms with van der Waals surface area (Å²) < 4.78 is 11.0. The number of aryl methyl sites for hydroxylation is 1. The Bertz CT molecular complexity index is 581. The summed E-state index contributed by atoms with van der Waals surface area (Å²) >= 11 is 0. The van der Waals surface area contributed by atoms with E-state index in [4.69, 9.17) is 9.15 Å². The Morgan fingerprint density at radius 2 is 2.00 bits per heavy atom. The predicted octanol–water partition coefficient (Wildman–Crippen LogP) is 3.42. The first-order valence-electron chi connectivity index (χ1n) is 7.43. The number of amides is 2. The Morgan fingerprint density at radius 3 is 2.68 bits per heavy atom. The number of benzene rings is 1. The largest absolute Gasteiger partial charge is 0.494 e. The van der Waals surface area contributed by atoms with Crippen LogP contribution in [0.15, 0.2) is 46.9 Å². The van der Waals surface area contributed by atoms with Crippen LogP contribution in [0.1, 0.15) is 30.9 Å². The predicted molar refractivity (Wildman–Crippen MR) is 84.9 cm³/mol. The number of furan rings is 1. The molecule has 0 aliphatic rings. The van der Waals surface area contributed by atoms with E-state index in [1.165, 1.54) is 0 Å². The molecule has 0 saturated carbocycles. The first-order chi connectivity index (χ1) is 10.6. The van der Waals surface area contributed by atoms with Crippen LogP contribution >= 0.6 is 0 Å². The molecule has 2 rings (SSSR count). The minimum atomic E-state index is -0.207. The number of carbonyl (C=O) groups is 1. The number of hydrogen-bond acceptors (Lipinski definition) is 3. The smallest absolute Gasteiger partial charge is 0.315 e. The zero-order valence-electron chi connectivity index (χ0n) is 13.0. The van der Waals surface area contributed by atoms with Crippen LogP contribution in [0.2, 0.25) is 0 Å². The maximum absolute atomic E-state index is 11.8. The Hall–Kier alpha value is -2.43. The van der Waals surface area contributed by atoms with Crippen molar-refractivity contribution >= 4 is 6.03 Å². The van der Waals surface area contributed by atoms with E-state index >= 15 is 0 Å². The SMILES string of the molecule is Cc1ccc(C(C)NC(=O)NCCCOc2ccccc2)o1. The number of nitrogens with one attached hydrogen (secondary N) is 2. The van der Waals surface area contributed by atoms with Gasteiger partial charge in [0.2, 0.25) is 0 Å². The van der Waals surface area contributed by atoms with Crippen LogP contribution in [0.3, 0.4) is 0 Å². The second kappa shape index (κ2) is 8.12. The van der Waals surface area contributed by atoms with Crippen LogP contribution in [0, 0.1) is 6.92 Å². The maximum Gasteiger partial charge on any atom is 0.315 e. The molecule has 0 aliphatic carbocycles. The van der Waals surface area contributed by atoms with Crippen molar-refractivity contribution in [3.63, 3.8) is 0 Å². The third-order valence-corrected chi connectivity index (χ3v) is 3.15. The standard InChI is InChI=1S/C17H22N2O3/c1-13-9-10-16(22-13)14(2)19-17(20)18-11-6-12-21-15-7-4-3-5-8-15/h3-5,7-10,14H,6,11-12H2,1-2H3,(H2,18,19,20). The highest BCUT2D eigenvalue weighted by Crippen LogP contribution is 2.15. The average Bonchev–Trinajstić information content (AvgIpc) is 2.94. The van der Waals surface area contributed by atoms with Gasteiger partial charge in [-0.15, -0.1) is 0 Å². The molecule has 2 amide bonds. The van der Waals surface area contributed by atoms with E-state index in [9.17, 15) is 4.79 Å². The number of para-hydroxylation sites is 1. The minimum Gasteiger partial charge on any atom is -0.494 e. The van der Waals surface area contributed by atoms with Crippen LogP contribution in [0.25, 0.3) is 0 Å². The molecule has 0 spiro atoms. The quantitative estimate of drug-likeness (QED) is 0.770. The summed E-state index contributed by atoms with van der Waals surface area (Å²) in [5.41, 5.74) is 0. The van der Waals surface area contributed by atoms with Crippen molar-refractivity contribution in [2.24, 2.45) is 0 Å². The molecule has 1 aromatic heterocycles. The van der Waals surface area contributed by atoms with Gasteiger partial charge in [-0.05, 0) is 44.5 Å². The Labute approximate surface area is 130 Å². The maximum atomic E-state index is 11.8.